The number of carbonyl (C=O) groups excluding carboxylic acids is 1. The minimum Gasteiger partial charge on any atom is -0.480 e. The molecule has 0 aliphatic heterocycles. The highest BCUT2D eigenvalue weighted by Gasteiger charge is 2.36. The normalized spacial score (nSPS) is 11.2. The lowest BCUT2D eigenvalue weighted by Crippen LogP contribution is -2.55. The van der Waals surface area contributed by atoms with Crippen molar-refractivity contribution in [1.29, 1.82) is 0 Å². The number of nitrogens with zero attached hydrogens (tertiary/aromatic N) is 3. The number of aromatic nitrogens is 2. The van der Waals surface area contributed by atoms with Gasteiger partial charge in [0.05, 0.1) is 12.2 Å². The molecule has 2 N–H and O–H groups in total. The zero-order chi connectivity index (χ0) is 14.6. The van der Waals surface area contributed by atoms with Crippen LogP contribution in [0, 0.1) is 0 Å². The number of likely N-dealkylation sites (N-methyl/N-ethyl adjacent to an activating group) is 1. The number of hydrogen-bond donors (Lipinski definition) is 2. The predicted molar refractivity (Wildman–Crippen MR) is 69.5 cm³/mol. The van der Waals surface area contributed by atoms with Crippen LogP contribution in [-0.4, -0.2) is 43.9 Å². The molecule has 2 amide bonds. The number of carboxylic acid groups (broad SMARTS) is 1. The van der Waals surface area contributed by atoms with Crippen molar-refractivity contribution < 1.29 is 14.7 Å². The van der Waals surface area contributed by atoms with Gasteiger partial charge in [-0.2, -0.15) is 5.10 Å². The van der Waals surface area contributed by atoms with E-state index in [2.05, 4.69) is 10.4 Å². The molecule has 1 heterocycles. The summed E-state index contributed by atoms with van der Waals surface area (Å²) >= 11 is 0. The Morgan fingerprint density at radius 2 is 2.16 bits per heavy atom. The van der Waals surface area contributed by atoms with Crippen LogP contribution in [0.25, 0.3) is 0 Å². The molecule has 1 aromatic heterocycles. The molecule has 7 heteroatoms. The van der Waals surface area contributed by atoms with Gasteiger partial charge in [0, 0.05) is 19.8 Å². The van der Waals surface area contributed by atoms with Gasteiger partial charge in [0.1, 0.15) is 5.54 Å². The molecule has 0 radical (unpaired) electrons. The Balaban J connectivity index is 2.70. The molecule has 0 fully saturated rings. The number of aliphatic carboxylic acids is 1. The largest absolute Gasteiger partial charge is 0.480 e. The van der Waals surface area contributed by atoms with Crippen molar-refractivity contribution in [3.63, 3.8) is 0 Å². The summed E-state index contributed by atoms with van der Waals surface area (Å²) in [6.45, 7) is 5.37. The van der Waals surface area contributed by atoms with Gasteiger partial charge in [-0.25, -0.2) is 9.59 Å². The van der Waals surface area contributed by atoms with Gasteiger partial charge in [-0.05, 0) is 26.8 Å². The number of aryl methyl sites for hydroxylation is 1. The molecule has 0 aliphatic carbocycles. The molecule has 0 saturated heterocycles. The Kier molecular flexibility index (Phi) is 4.52. The van der Waals surface area contributed by atoms with Gasteiger partial charge in [0.15, 0.2) is 0 Å². The molecule has 1 aromatic rings. The second kappa shape index (κ2) is 5.73. The fourth-order valence-electron chi connectivity index (χ4n) is 1.74. The fraction of sp³-hybridized carbons (Fsp3) is 0.583. The highest BCUT2D eigenvalue weighted by atomic mass is 16.4. The van der Waals surface area contributed by atoms with Crippen LogP contribution in [0.2, 0.25) is 0 Å². The molecule has 0 atom stereocenters. The highest BCUT2D eigenvalue weighted by Crippen LogP contribution is 2.14. The lowest BCUT2D eigenvalue weighted by molar-refractivity contribution is -0.147. The Morgan fingerprint density at radius 1 is 1.53 bits per heavy atom. The number of carbonyl (C=O) groups is 2. The van der Waals surface area contributed by atoms with Gasteiger partial charge in [-0.3, -0.25) is 4.68 Å². The van der Waals surface area contributed by atoms with Crippen LogP contribution < -0.4 is 5.32 Å². The van der Waals surface area contributed by atoms with E-state index >= 15 is 0 Å². The maximum Gasteiger partial charge on any atom is 0.329 e. The lowest BCUT2D eigenvalue weighted by Gasteiger charge is -2.34. The molecule has 0 aliphatic rings. The Hall–Kier alpha value is -2.05. The number of carboxylic acids is 1. The second-order valence-corrected chi connectivity index (χ2v) is 4.71. The molecular weight excluding hydrogens is 248 g/mol. The Bertz CT molecular complexity index is 467. The quantitative estimate of drug-likeness (QED) is 0.827. The first kappa shape index (κ1) is 15.0. The van der Waals surface area contributed by atoms with Gasteiger partial charge >= 0.3 is 12.0 Å². The molecule has 0 bridgehead atoms. The SMILES string of the molecule is CCN(C(=O)NCc1ccnn1C)C(C)(C)C(=O)O. The van der Waals surface area contributed by atoms with E-state index in [1.54, 1.807) is 30.9 Å². The smallest absolute Gasteiger partial charge is 0.329 e. The van der Waals surface area contributed by atoms with Crippen molar-refractivity contribution in [2.45, 2.75) is 32.9 Å². The van der Waals surface area contributed by atoms with Crippen LogP contribution in [0.5, 0.6) is 0 Å². The van der Waals surface area contributed by atoms with Crippen molar-refractivity contribution in [1.82, 2.24) is 20.0 Å². The predicted octanol–water partition coefficient (Wildman–Crippen LogP) is 0.815. The summed E-state index contributed by atoms with van der Waals surface area (Å²) in [5, 5.41) is 15.8. The first-order chi connectivity index (χ1) is 8.80. The van der Waals surface area contributed by atoms with E-state index in [9.17, 15) is 9.59 Å². The molecule has 106 valence electrons. The van der Waals surface area contributed by atoms with E-state index in [1.165, 1.54) is 18.7 Å². The van der Waals surface area contributed by atoms with E-state index in [0.717, 1.165) is 5.69 Å². The van der Waals surface area contributed by atoms with Crippen LogP contribution in [0.1, 0.15) is 26.5 Å². The summed E-state index contributed by atoms with van der Waals surface area (Å²) in [7, 11) is 1.78. The topological polar surface area (TPSA) is 87.5 Å². The van der Waals surface area contributed by atoms with Crippen LogP contribution >= 0.6 is 0 Å². The molecule has 1 rings (SSSR count). The van der Waals surface area contributed by atoms with E-state index in [4.69, 9.17) is 5.11 Å². The number of rotatable bonds is 5. The van der Waals surface area contributed by atoms with Crippen molar-refractivity contribution in [3.05, 3.63) is 18.0 Å². The minimum atomic E-state index is -1.24. The monoisotopic (exact) mass is 268 g/mol. The first-order valence-corrected chi connectivity index (χ1v) is 6.06. The van der Waals surface area contributed by atoms with E-state index < -0.39 is 17.5 Å². The van der Waals surface area contributed by atoms with Gasteiger partial charge in [0.2, 0.25) is 0 Å². The third-order valence-corrected chi connectivity index (χ3v) is 3.10. The summed E-state index contributed by atoms with van der Waals surface area (Å²) in [5.74, 6) is -1.04. The molecule has 0 unspecified atom stereocenters. The molecule has 7 nitrogen and oxygen atoms in total. The Morgan fingerprint density at radius 3 is 2.58 bits per heavy atom. The standard InChI is InChI=1S/C12H20N4O3/c1-5-16(12(2,3)10(17)18)11(19)13-8-9-6-7-14-15(9)4/h6-7H,5,8H2,1-4H3,(H,13,19)(H,17,18). The zero-order valence-electron chi connectivity index (χ0n) is 11.7. The summed E-state index contributed by atoms with van der Waals surface area (Å²) < 4.78 is 1.65. The van der Waals surface area contributed by atoms with Gasteiger partial charge in [-0.15, -0.1) is 0 Å². The fourth-order valence-corrected chi connectivity index (χ4v) is 1.74. The van der Waals surface area contributed by atoms with Crippen LogP contribution in [0.4, 0.5) is 4.79 Å². The van der Waals surface area contributed by atoms with Crippen molar-refractivity contribution in [2.75, 3.05) is 6.54 Å². The van der Waals surface area contributed by atoms with Crippen molar-refractivity contribution >= 4 is 12.0 Å². The third-order valence-electron chi connectivity index (χ3n) is 3.10. The molecule has 0 spiro atoms. The van der Waals surface area contributed by atoms with Crippen molar-refractivity contribution in [3.8, 4) is 0 Å². The van der Waals surface area contributed by atoms with Gasteiger partial charge in [0.25, 0.3) is 0 Å². The molecule has 0 aromatic carbocycles. The first-order valence-electron chi connectivity index (χ1n) is 6.06. The number of nitrogens with one attached hydrogen (secondary N) is 1. The molecule has 0 saturated carbocycles. The summed E-state index contributed by atoms with van der Waals surface area (Å²) in [4.78, 5) is 24.5. The highest BCUT2D eigenvalue weighted by molar-refractivity contribution is 5.85. The summed E-state index contributed by atoms with van der Waals surface area (Å²) in [6.07, 6.45) is 1.64. The van der Waals surface area contributed by atoms with E-state index in [1.807, 2.05) is 0 Å². The average molecular weight is 268 g/mol. The summed E-state index contributed by atoms with van der Waals surface area (Å²) in [5.41, 5.74) is -0.400. The third kappa shape index (κ3) is 3.24. The maximum absolute atomic E-state index is 12.1. The van der Waals surface area contributed by atoms with E-state index in [-0.39, 0.29) is 0 Å². The van der Waals surface area contributed by atoms with Crippen molar-refractivity contribution in [2.24, 2.45) is 7.05 Å². The minimum absolute atomic E-state index is 0.307. The number of hydrogen-bond acceptors (Lipinski definition) is 3. The summed E-state index contributed by atoms with van der Waals surface area (Å²) in [6, 6.07) is 1.38. The van der Waals surface area contributed by atoms with Crippen LogP contribution in [-0.2, 0) is 18.4 Å². The average Bonchev–Trinajstić information content (AvgIpc) is 2.72. The van der Waals surface area contributed by atoms with Gasteiger partial charge in [-0.1, -0.05) is 0 Å². The zero-order valence-corrected chi connectivity index (χ0v) is 11.7. The number of urea groups is 1. The second-order valence-electron chi connectivity index (χ2n) is 4.71. The Labute approximate surface area is 112 Å². The van der Waals surface area contributed by atoms with E-state index in [0.29, 0.717) is 13.1 Å². The van der Waals surface area contributed by atoms with Crippen LogP contribution in [0.3, 0.4) is 0 Å². The van der Waals surface area contributed by atoms with Crippen LogP contribution in [0.15, 0.2) is 12.3 Å². The van der Waals surface area contributed by atoms with Gasteiger partial charge < -0.3 is 15.3 Å². The maximum atomic E-state index is 12.1. The molecular formula is C12H20N4O3. The lowest BCUT2D eigenvalue weighted by atomic mass is 10.0. The number of amides is 2. The molecule has 19 heavy (non-hydrogen) atoms.